The Kier molecular flexibility index (Phi) is 2.91. The molecule has 1 aliphatic carbocycles. The molecule has 0 N–H and O–H groups in total. The molecule has 0 heterocycles. The number of benzene rings is 1. The maximum atomic E-state index is 2.34. The minimum Gasteiger partial charge on any atom is -0.368 e. The number of allylic oxidation sites excluding steroid dienone is 2. The van der Waals surface area contributed by atoms with Crippen molar-refractivity contribution in [1.82, 2.24) is 0 Å². The third kappa shape index (κ3) is 2.12. The normalized spacial score (nSPS) is 19.2. The molecule has 1 aliphatic rings. The van der Waals surface area contributed by atoms with E-state index in [1.807, 2.05) is 0 Å². The van der Waals surface area contributed by atoms with Crippen LogP contribution in [-0.2, 0) is 0 Å². The zero-order valence-corrected chi connectivity index (χ0v) is 9.35. The molecule has 1 aromatic carbocycles. The molecule has 1 aromatic rings. The first-order valence-corrected chi connectivity index (χ1v) is 5.41. The van der Waals surface area contributed by atoms with Crippen LogP contribution in [0.25, 0.3) is 0 Å². The molecule has 0 saturated carbocycles. The lowest BCUT2D eigenvalue weighted by Gasteiger charge is -2.29. The van der Waals surface area contributed by atoms with Crippen LogP contribution in [0, 0.1) is 6.92 Å². The number of aryl methyl sites for hydroxylation is 1. The Bertz CT molecular complexity index is 390. The lowest BCUT2D eigenvalue weighted by molar-refractivity contribution is 0.751. The van der Waals surface area contributed by atoms with Gasteiger partial charge in [0.1, 0.15) is 0 Å². The molecule has 2 rings (SSSR count). The summed E-state index contributed by atoms with van der Waals surface area (Å²) in [6.45, 7) is 2.16. The van der Waals surface area contributed by atoms with Gasteiger partial charge < -0.3 is 4.90 Å². The Morgan fingerprint density at radius 3 is 2.67 bits per heavy atom. The molecule has 1 nitrogen and oxygen atoms in total. The van der Waals surface area contributed by atoms with Crippen molar-refractivity contribution in [2.75, 3.05) is 11.9 Å². The second-order valence-electron chi connectivity index (χ2n) is 4.01. The molecule has 1 atom stereocenters. The number of hydrogen-bond donors (Lipinski definition) is 0. The standard InChI is InChI=1S/C14H17N/c1-12-8-6-7-11-14(12)15(2)13-9-4-3-5-10-13/h3-9,11,13H,10H2,1-2H3. The van der Waals surface area contributed by atoms with Crippen molar-refractivity contribution < 1.29 is 0 Å². The van der Waals surface area contributed by atoms with Gasteiger partial charge in [0.25, 0.3) is 0 Å². The van der Waals surface area contributed by atoms with Gasteiger partial charge in [-0.2, -0.15) is 0 Å². The zero-order valence-electron chi connectivity index (χ0n) is 9.35. The van der Waals surface area contributed by atoms with E-state index in [9.17, 15) is 0 Å². The predicted octanol–water partition coefficient (Wildman–Crippen LogP) is 3.32. The second-order valence-corrected chi connectivity index (χ2v) is 4.01. The van der Waals surface area contributed by atoms with Crippen LogP contribution in [0.3, 0.4) is 0 Å². The molecule has 0 amide bonds. The van der Waals surface area contributed by atoms with Crippen LogP contribution in [-0.4, -0.2) is 13.1 Å². The van der Waals surface area contributed by atoms with Gasteiger partial charge in [-0.15, -0.1) is 0 Å². The molecule has 78 valence electrons. The average molecular weight is 199 g/mol. The van der Waals surface area contributed by atoms with Crippen LogP contribution >= 0.6 is 0 Å². The smallest absolute Gasteiger partial charge is 0.0507 e. The van der Waals surface area contributed by atoms with Crippen LogP contribution in [0.5, 0.6) is 0 Å². The third-order valence-corrected chi connectivity index (χ3v) is 2.95. The quantitative estimate of drug-likeness (QED) is 0.706. The van der Waals surface area contributed by atoms with E-state index in [1.165, 1.54) is 11.3 Å². The van der Waals surface area contributed by atoms with Crippen molar-refractivity contribution in [3.8, 4) is 0 Å². The molecule has 0 bridgehead atoms. The number of rotatable bonds is 2. The Morgan fingerprint density at radius 1 is 1.20 bits per heavy atom. The number of para-hydroxylation sites is 1. The Labute approximate surface area is 91.7 Å². The van der Waals surface area contributed by atoms with Gasteiger partial charge in [-0.05, 0) is 25.0 Å². The fourth-order valence-corrected chi connectivity index (χ4v) is 1.99. The van der Waals surface area contributed by atoms with E-state index in [0.717, 1.165) is 6.42 Å². The van der Waals surface area contributed by atoms with Crippen molar-refractivity contribution in [2.24, 2.45) is 0 Å². The molecular weight excluding hydrogens is 182 g/mol. The van der Waals surface area contributed by atoms with Gasteiger partial charge in [0.05, 0.1) is 6.04 Å². The molecule has 15 heavy (non-hydrogen) atoms. The molecule has 0 fully saturated rings. The minimum atomic E-state index is 0.496. The molecule has 0 aromatic heterocycles. The predicted molar refractivity (Wildman–Crippen MR) is 66.3 cm³/mol. The molecule has 0 saturated heterocycles. The maximum Gasteiger partial charge on any atom is 0.0507 e. The van der Waals surface area contributed by atoms with E-state index in [0.29, 0.717) is 6.04 Å². The van der Waals surface area contributed by atoms with Crippen LogP contribution in [0.4, 0.5) is 5.69 Å². The van der Waals surface area contributed by atoms with Crippen LogP contribution in [0.2, 0.25) is 0 Å². The van der Waals surface area contributed by atoms with Gasteiger partial charge >= 0.3 is 0 Å². The van der Waals surface area contributed by atoms with Gasteiger partial charge in [0.15, 0.2) is 0 Å². The van der Waals surface area contributed by atoms with Crippen molar-refractivity contribution in [3.63, 3.8) is 0 Å². The van der Waals surface area contributed by atoms with E-state index in [2.05, 4.69) is 67.4 Å². The van der Waals surface area contributed by atoms with Crippen molar-refractivity contribution in [1.29, 1.82) is 0 Å². The van der Waals surface area contributed by atoms with E-state index >= 15 is 0 Å². The first kappa shape index (κ1) is 10.0. The maximum absolute atomic E-state index is 2.34. The first-order chi connectivity index (χ1) is 7.29. The third-order valence-electron chi connectivity index (χ3n) is 2.95. The SMILES string of the molecule is Cc1ccccc1N(C)C1C=CC=CC1. The summed E-state index contributed by atoms with van der Waals surface area (Å²) in [6, 6.07) is 9.02. The van der Waals surface area contributed by atoms with Crippen LogP contribution in [0.15, 0.2) is 48.6 Å². The second kappa shape index (κ2) is 4.35. The number of anilines is 1. The van der Waals surface area contributed by atoms with Gasteiger partial charge in [0, 0.05) is 12.7 Å². The summed E-state index contributed by atoms with van der Waals surface area (Å²) in [5, 5.41) is 0. The monoisotopic (exact) mass is 199 g/mol. The highest BCUT2D eigenvalue weighted by Crippen LogP contribution is 2.22. The largest absolute Gasteiger partial charge is 0.368 e. The minimum absolute atomic E-state index is 0.496. The summed E-state index contributed by atoms with van der Waals surface area (Å²) in [4.78, 5) is 2.34. The summed E-state index contributed by atoms with van der Waals surface area (Å²) in [5.41, 5.74) is 2.66. The van der Waals surface area contributed by atoms with E-state index in [-0.39, 0.29) is 0 Å². The Balaban J connectivity index is 2.21. The van der Waals surface area contributed by atoms with Gasteiger partial charge in [-0.1, -0.05) is 42.5 Å². The highest BCUT2D eigenvalue weighted by Gasteiger charge is 2.13. The summed E-state index contributed by atoms with van der Waals surface area (Å²) in [6.07, 6.45) is 9.82. The number of hydrogen-bond acceptors (Lipinski definition) is 1. The fraction of sp³-hybridized carbons (Fsp3) is 0.286. The van der Waals surface area contributed by atoms with Crippen molar-refractivity contribution in [2.45, 2.75) is 19.4 Å². The van der Waals surface area contributed by atoms with Crippen molar-refractivity contribution >= 4 is 5.69 Å². The summed E-state index contributed by atoms with van der Waals surface area (Å²) >= 11 is 0. The highest BCUT2D eigenvalue weighted by molar-refractivity contribution is 5.54. The van der Waals surface area contributed by atoms with Gasteiger partial charge in [0.2, 0.25) is 0 Å². The summed E-state index contributed by atoms with van der Waals surface area (Å²) < 4.78 is 0. The Hall–Kier alpha value is -1.50. The lowest BCUT2D eigenvalue weighted by Crippen LogP contribution is -2.30. The fourth-order valence-electron chi connectivity index (χ4n) is 1.99. The Morgan fingerprint density at radius 2 is 2.00 bits per heavy atom. The lowest BCUT2D eigenvalue weighted by atomic mass is 10.1. The highest BCUT2D eigenvalue weighted by atomic mass is 15.1. The van der Waals surface area contributed by atoms with Crippen LogP contribution in [0.1, 0.15) is 12.0 Å². The molecule has 1 heteroatoms. The van der Waals surface area contributed by atoms with E-state index < -0.39 is 0 Å². The number of likely N-dealkylation sites (N-methyl/N-ethyl adjacent to an activating group) is 1. The molecule has 0 spiro atoms. The topological polar surface area (TPSA) is 3.24 Å². The van der Waals surface area contributed by atoms with Gasteiger partial charge in [-0.3, -0.25) is 0 Å². The average Bonchev–Trinajstić information content (AvgIpc) is 2.30. The number of nitrogens with zero attached hydrogens (tertiary/aromatic N) is 1. The van der Waals surface area contributed by atoms with Gasteiger partial charge in [-0.25, -0.2) is 0 Å². The summed E-state index contributed by atoms with van der Waals surface area (Å²) in [7, 11) is 2.16. The molecule has 0 radical (unpaired) electrons. The van der Waals surface area contributed by atoms with Crippen LogP contribution < -0.4 is 4.90 Å². The molecule has 1 unspecified atom stereocenters. The first-order valence-electron chi connectivity index (χ1n) is 5.41. The van der Waals surface area contributed by atoms with Crippen molar-refractivity contribution in [3.05, 3.63) is 54.1 Å². The molecule has 0 aliphatic heterocycles. The zero-order chi connectivity index (χ0) is 10.7. The van der Waals surface area contributed by atoms with E-state index in [4.69, 9.17) is 0 Å². The molecular formula is C14H17N. The summed E-state index contributed by atoms with van der Waals surface area (Å²) in [5.74, 6) is 0. The van der Waals surface area contributed by atoms with E-state index in [1.54, 1.807) is 0 Å².